The Morgan fingerprint density at radius 2 is 2.15 bits per heavy atom. The van der Waals surface area contributed by atoms with Crippen LogP contribution in [0.2, 0.25) is 0 Å². The number of rotatable bonds is 7. The first-order valence-electron chi connectivity index (χ1n) is 6.77. The number of nitrogen functional groups attached to an aromatic ring is 1. The number of pyridine rings is 1. The predicted octanol–water partition coefficient (Wildman–Crippen LogP) is 1.81. The molecule has 0 saturated carbocycles. The van der Waals surface area contributed by atoms with Crippen LogP contribution in [0.25, 0.3) is 10.9 Å². The summed E-state index contributed by atoms with van der Waals surface area (Å²) in [5.41, 5.74) is 8.58. The second-order valence-corrected chi connectivity index (χ2v) is 4.82. The molecule has 1 aromatic carbocycles. The van der Waals surface area contributed by atoms with E-state index >= 15 is 0 Å². The first kappa shape index (κ1) is 14.6. The van der Waals surface area contributed by atoms with E-state index < -0.39 is 0 Å². The highest BCUT2D eigenvalue weighted by atomic mass is 16.5. The largest absolute Gasteiger partial charge is 0.397 e. The maximum Gasteiger partial charge on any atom is 0.0951 e. The number of anilines is 2. The molecule has 20 heavy (non-hydrogen) atoms. The van der Waals surface area contributed by atoms with Crippen molar-refractivity contribution in [1.29, 1.82) is 0 Å². The summed E-state index contributed by atoms with van der Waals surface area (Å²) in [5, 5.41) is 4.51. The number of likely N-dealkylation sites (N-methyl/N-ethyl adjacent to an activating group) is 1. The summed E-state index contributed by atoms with van der Waals surface area (Å²) in [6, 6.07) is 7.87. The van der Waals surface area contributed by atoms with E-state index in [9.17, 15) is 0 Å². The molecule has 0 unspecified atom stereocenters. The lowest BCUT2D eigenvalue weighted by Crippen LogP contribution is -2.28. The normalized spacial score (nSPS) is 11.2. The van der Waals surface area contributed by atoms with E-state index in [1.54, 1.807) is 13.3 Å². The molecule has 108 valence electrons. The van der Waals surface area contributed by atoms with Crippen molar-refractivity contribution in [2.45, 2.75) is 0 Å². The standard InChI is InChI=1S/C15H22N4O/c1-19(10-11-20-2)9-8-17-14-6-5-13(16)15-12(14)4-3-7-18-15/h3-7,17H,8-11,16H2,1-2H3. The zero-order chi connectivity index (χ0) is 14.4. The molecule has 5 nitrogen and oxygen atoms in total. The highest BCUT2D eigenvalue weighted by molar-refractivity contribution is 5.98. The zero-order valence-corrected chi connectivity index (χ0v) is 12.1. The molecule has 2 aromatic rings. The molecule has 0 amide bonds. The van der Waals surface area contributed by atoms with Gasteiger partial charge in [0.05, 0.1) is 17.8 Å². The van der Waals surface area contributed by atoms with Gasteiger partial charge < -0.3 is 20.7 Å². The topological polar surface area (TPSA) is 63.4 Å². The summed E-state index contributed by atoms with van der Waals surface area (Å²) in [4.78, 5) is 6.56. The number of benzene rings is 1. The SMILES string of the molecule is COCCN(C)CCNc1ccc(N)c2ncccc12. The average molecular weight is 274 g/mol. The monoisotopic (exact) mass is 274 g/mol. The van der Waals surface area contributed by atoms with Crippen molar-refractivity contribution in [3.63, 3.8) is 0 Å². The van der Waals surface area contributed by atoms with Crippen molar-refractivity contribution in [3.05, 3.63) is 30.5 Å². The number of ether oxygens (including phenoxy) is 1. The molecule has 0 aliphatic rings. The molecule has 0 aliphatic carbocycles. The first-order valence-corrected chi connectivity index (χ1v) is 6.77. The van der Waals surface area contributed by atoms with Gasteiger partial charge in [0.1, 0.15) is 0 Å². The quantitative estimate of drug-likeness (QED) is 0.754. The van der Waals surface area contributed by atoms with Gasteiger partial charge in [0.25, 0.3) is 0 Å². The van der Waals surface area contributed by atoms with Crippen molar-refractivity contribution in [3.8, 4) is 0 Å². The van der Waals surface area contributed by atoms with Crippen molar-refractivity contribution in [2.24, 2.45) is 0 Å². The fourth-order valence-electron chi connectivity index (χ4n) is 2.09. The Labute approximate surface area is 119 Å². The van der Waals surface area contributed by atoms with Gasteiger partial charge in [0, 0.05) is 44.0 Å². The zero-order valence-electron chi connectivity index (χ0n) is 12.1. The summed E-state index contributed by atoms with van der Waals surface area (Å²) in [6.07, 6.45) is 1.76. The van der Waals surface area contributed by atoms with Crippen molar-refractivity contribution >= 4 is 22.3 Å². The summed E-state index contributed by atoms with van der Waals surface area (Å²) >= 11 is 0. The minimum atomic E-state index is 0.711. The number of aromatic nitrogens is 1. The summed E-state index contributed by atoms with van der Waals surface area (Å²) in [7, 11) is 3.81. The van der Waals surface area contributed by atoms with Gasteiger partial charge in [-0.2, -0.15) is 0 Å². The van der Waals surface area contributed by atoms with Gasteiger partial charge in [0.2, 0.25) is 0 Å². The second-order valence-electron chi connectivity index (χ2n) is 4.82. The van der Waals surface area contributed by atoms with E-state index in [-0.39, 0.29) is 0 Å². The summed E-state index contributed by atoms with van der Waals surface area (Å²) < 4.78 is 5.06. The van der Waals surface area contributed by atoms with Gasteiger partial charge in [-0.1, -0.05) is 0 Å². The third-order valence-corrected chi connectivity index (χ3v) is 3.29. The Balaban J connectivity index is 1.98. The number of methoxy groups -OCH3 is 1. The van der Waals surface area contributed by atoms with E-state index in [0.29, 0.717) is 5.69 Å². The lowest BCUT2D eigenvalue weighted by atomic mass is 10.1. The molecular weight excluding hydrogens is 252 g/mol. The number of nitrogens with two attached hydrogens (primary N) is 1. The molecule has 0 radical (unpaired) electrons. The number of nitrogens with zero attached hydrogens (tertiary/aromatic N) is 2. The van der Waals surface area contributed by atoms with Crippen molar-refractivity contribution in [2.75, 3.05) is 51.4 Å². The minimum absolute atomic E-state index is 0.711. The fraction of sp³-hybridized carbons (Fsp3) is 0.400. The van der Waals surface area contributed by atoms with Crippen LogP contribution in [-0.4, -0.2) is 50.3 Å². The number of fused-ring (bicyclic) bond motifs is 1. The Morgan fingerprint density at radius 1 is 1.30 bits per heavy atom. The van der Waals surface area contributed by atoms with Crippen LogP contribution < -0.4 is 11.1 Å². The molecule has 0 fully saturated rings. The summed E-state index contributed by atoms with van der Waals surface area (Å²) in [5.74, 6) is 0. The van der Waals surface area contributed by atoms with Gasteiger partial charge in [-0.05, 0) is 31.3 Å². The van der Waals surface area contributed by atoms with Crippen LogP contribution in [0.15, 0.2) is 30.5 Å². The molecule has 5 heteroatoms. The van der Waals surface area contributed by atoms with Crippen LogP contribution in [0.5, 0.6) is 0 Å². The van der Waals surface area contributed by atoms with Gasteiger partial charge in [-0.25, -0.2) is 0 Å². The highest BCUT2D eigenvalue weighted by Gasteiger charge is 2.04. The Bertz CT molecular complexity index is 559. The lowest BCUT2D eigenvalue weighted by Gasteiger charge is -2.17. The number of nitrogens with one attached hydrogen (secondary N) is 1. The Hall–Kier alpha value is -1.85. The fourth-order valence-corrected chi connectivity index (χ4v) is 2.09. The van der Waals surface area contributed by atoms with E-state index in [4.69, 9.17) is 10.5 Å². The van der Waals surface area contributed by atoms with Crippen LogP contribution in [0.4, 0.5) is 11.4 Å². The molecule has 2 rings (SSSR count). The van der Waals surface area contributed by atoms with Crippen LogP contribution in [0.1, 0.15) is 0 Å². The molecule has 0 bridgehead atoms. The lowest BCUT2D eigenvalue weighted by molar-refractivity contribution is 0.163. The molecule has 3 N–H and O–H groups in total. The molecular formula is C15H22N4O. The Morgan fingerprint density at radius 3 is 2.95 bits per heavy atom. The van der Waals surface area contributed by atoms with Gasteiger partial charge >= 0.3 is 0 Å². The minimum Gasteiger partial charge on any atom is -0.397 e. The van der Waals surface area contributed by atoms with Gasteiger partial charge in [-0.15, -0.1) is 0 Å². The van der Waals surface area contributed by atoms with Crippen LogP contribution in [0, 0.1) is 0 Å². The molecule has 1 heterocycles. The van der Waals surface area contributed by atoms with E-state index in [1.165, 1.54) is 0 Å². The van der Waals surface area contributed by atoms with Gasteiger partial charge in [0.15, 0.2) is 0 Å². The van der Waals surface area contributed by atoms with E-state index in [2.05, 4.69) is 22.2 Å². The number of hydrogen-bond acceptors (Lipinski definition) is 5. The highest BCUT2D eigenvalue weighted by Crippen LogP contribution is 2.26. The average Bonchev–Trinajstić information content (AvgIpc) is 2.48. The smallest absolute Gasteiger partial charge is 0.0951 e. The van der Waals surface area contributed by atoms with Crippen LogP contribution in [-0.2, 0) is 4.74 Å². The first-order chi connectivity index (χ1) is 9.72. The third kappa shape index (κ3) is 3.59. The molecule has 0 saturated heterocycles. The van der Waals surface area contributed by atoms with Crippen molar-refractivity contribution < 1.29 is 4.74 Å². The molecule has 0 aliphatic heterocycles. The maximum atomic E-state index is 5.94. The Kier molecular flexibility index (Phi) is 5.15. The number of hydrogen-bond donors (Lipinski definition) is 2. The van der Waals surface area contributed by atoms with Gasteiger partial charge in [-0.3, -0.25) is 4.98 Å². The van der Waals surface area contributed by atoms with Crippen molar-refractivity contribution in [1.82, 2.24) is 9.88 Å². The maximum absolute atomic E-state index is 5.94. The molecule has 0 spiro atoms. The molecule has 1 aromatic heterocycles. The van der Waals surface area contributed by atoms with Crippen LogP contribution >= 0.6 is 0 Å². The summed E-state index contributed by atoms with van der Waals surface area (Å²) in [6.45, 7) is 3.51. The second kappa shape index (κ2) is 7.07. The van der Waals surface area contributed by atoms with E-state index in [0.717, 1.165) is 42.8 Å². The third-order valence-electron chi connectivity index (χ3n) is 3.29. The molecule has 0 atom stereocenters. The van der Waals surface area contributed by atoms with Crippen LogP contribution in [0.3, 0.4) is 0 Å². The van der Waals surface area contributed by atoms with E-state index in [1.807, 2.05) is 24.3 Å². The predicted molar refractivity (Wildman–Crippen MR) is 84.0 cm³/mol.